The highest BCUT2D eigenvalue weighted by Crippen LogP contribution is 2.20. The molecular formula is C20H22N2O4S. The van der Waals surface area contributed by atoms with Crippen molar-refractivity contribution in [2.75, 3.05) is 31.6 Å². The van der Waals surface area contributed by atoms with Crippen LogP contribution in [0.25, 0.3) is 0 Å². The molecule has 1 aromatic carbocycles. The van der Waals surface area contributed by atoms with Crippen molar-refractivity contribution in [3.63, 3.8) is 0 Å². The summed E-state index contributed by atoms with van der Waals surface area (Å²) in [7, 11) is 0. The van der Waals surface area contributed by atoms with Crippen molar-refractivity contribution in [1.29, 1.82) is 0 Å². The van der Waals surface area contributed by atoms with Crippen molar-refractivity contribution in [1.82, 2.24) is 4.90 Å². The molecule has 2 amide bonds. The molecule has 1 fully saturated rings. The number of rotatable bonds is 6. The minimum absolute atomic E-state index is 0.0408. The molecule has 2 aromatic rings. The average molecular weight is 386 g/mol. The van der Waals surface area contributed by atoms with Gasteiger partial charge in [0.2, 0.25) is 5.91 Å². The van der Waals surface area contributed by atoms with Crippen molar-refractivity contribution in [3.8, 4) is 0 Å². The summed E-state index contributed by atoms with van der Waals surface area (Å²) in [6.07, 6.45) is 0.223. The number of thiophene rings is 1. The lowest BCUT2D eigenvalue weighted by molar-refractivity contribution is -0.116. The monoisotopic (exact) mass is 386 g/mol. The molecular weight excluding hydrogens is 364 g/mol. The van der Waals surface area contributed by atoms with Gasteiger partial charge in [-0.2, -0.15) is 0 Å². The number of hydrogen-bond acceptors (Lipinski definition) is 5. The van der Waals surface area contributed by atoms with E-state index >= 15 is 0 Å². The Morgan fingerprint density at radius 1 is 1.07 bits per heavy atom. The number of para-hydroxylation sites is 1. The Morgan fingerprint density at radius 2 is 1.81 bits per heavy atom. The van der Waals surface area contributed by atoms with Crippen LogP contribution in [-0.4, -0.2) is 48.8 Å². The summed E-state index contributed by atoms with van der Waals surface area (Å²) in [6, 6.07) is 10.6. The van der Waals surface area contributed by atoms with Crippen LogP contribution in [0.1, 0.15) is 37.7 Å². The lowest BCUT2D eigenvalue weighted by Crippen LogP contribution is -2.41. The Bertz CT molecular complexity index is 840. The number of morpholine rings is 1. The number of ketones is 1. The number of carbonyl (C=O) groups excluding carboxylic acids is 3. The summed E-state index contributed by atoms with van der Waals surface area (Å²) in [6.45, 7) is 4.05. The molecule has 1 saturated heterocycles. The Kier molecular flexibility index (Phi) is 6.36. The smallest absolute Gasteiger partial charge is 0.256 e. The van der Waals surface area contributed by atoms with E-state index in [-0.39, 0.29) is 30.4 Å². The number of hydrogen-bond donors (Lipinski definition) is 1. The van der Waals surface area contributed by atoms with Crippen LogP contribution in [0, 0.1) is 6.92 Å². The number of carbonyl (C=O) groups is 3. The van der Waals surface area contributed by atoms with Crippen LogP contribution in [0.2, 0.25) is 0 Å². The summed E-state index contributed by atoms with van der Waals surface area (Å²) in [5, 5.41) is 2.78. The van der Waals surface area contributed by atoms with Gasteiger partial charge >= 0.3 is 0 Å². The van der Waals surface area contributed by atoms with Gasteiger partial charge in [0.05, 0.1) is 29.3 Å². The van der Waals surface area contributed by atoms with Gasteiger partial charge in [0.1, 0.15) is 0 Å². The molecule has 7 heteroatoms. The van der Waals surface area contributed by atoms with Gasteiger partial charge in [-0.3, -0.25) is 14.4 Å². The third-order valence-corrected chi connectivity index (χ3v) is 5.37. The van der Waals surface area contributed by atoms with Crippen LogP contribution in [0.5, 0.6) is 0 Å². The molecule has 6 nitrogen and oxygen atoms in total. The van der Waals surface area contributed by atoms with E-state index in [0.29, 0.717) is 42.4 Å². The fraction of sp³-hybridized carbons (Fsp3) is 0.350. The van der Waals surface area contributed by atoms with E-state index in [1.165, 1.54) is 11.3 Å². The molecule has 0 unspecified atom stereocenters. The predicted molar refractivity (Wildman–Crippen MR) is 104 cm³/mol. The molecule has 0 bridgehead atoms. The third-order valence-electron chi connectivity index (χ3n) is 4.32. The number of nitrogens with one attached hydrogen (secondary N) is 1. The van der Waals surface area contributed by atoms with Gasteiger partial charge in [-0.15, -0.1) is 11.3 Å². The van der Waals surface area contributed by atoms with Gasteiger partial charge in [0.15, 0.2) is 5.78 Å². The average Bonchev–Trinajstić information content (AvgIpc) is 3.13. The number of Topliss-reactive ketones (excluding diaryl/α,β-unsaturated/α-hetero) is 1. The first-order valence-electron chi connectivity index (χ1n) is 8.90. The van der Waals surface area contributed by atoms with E-state index in [4.69, 9.17) is 4.74 Å². The fourth-order valence-corrected chi connectivity index (χ4v) is 3.70. The third kappa shape index (κ3) is 5.02. The van der Waals surface area contributed by atoms with E-state index in [1.807, 2.05) is 13.0 Å². The van der Waals surface area contributed by atoms with E-state index < -0.39 is 0 Å². The van der Waals surface area contributed by atoms with Crippen molar-refractivity contribution < 1.29 is 19.1 Å². The second-order valence-corrected chi connectivity index (χ2v) is 7.62. The summed E-state index contributed by atoms with van der Waals surface area (Å²) < 4.78 is 5.28. The minimum Gasteiger partial charge on any atom is -0.378 e. The van der Waals surface area contributed by atoms with E-state index in [2.05, 4.69) is 5.32 Å². The lowest BCUT2D eigenvalue weighted by Gasteiger charge is -2.27. The van der Waals surface area contributed by atoms with Gasteiger partial charge in [-0.05, 0) is 31.2 Å². The molecule has 2 heterocycles. The normalized spacial score (nSPS) is 14.0. The van der Waals surface area contributed by atoms with Crippen LogP contribution in [-0.2, 0) is 9.53 Å². The molecule has 3 rings (SSSR count). The van der Waals surface area contributed by atoms with E-state index in [9.17, 15) is 14.4 Å². The number of aryl methyl sites for hydroxylation is 1. The maximum atomic E-state index is 12.7. The topological polar surface area (TPSA) is 75.7 Å². The van der Waals surface area contributed by atoms with E-state index in [1.54, 1.807) is 35.2 Å². The Balaban J connectivity index is 1.60. The first-order chi connectivity index (χ1) is 13.0. The molecule has 0 radical (unpaired) electrons. The Labute approximate surface area is 162 Å². The fourth-order valence-electron chi connectivity index (χ4n) is 2.86. The molecule has 0 spiro atoms. The summed E-state index contributed by atoms with van der Waals surface area (Å²) >= 11 is 1.43. The first kappa shape index (κ1) is 19.3. The SMILES string of the molecule is Cc1ccc(C(=O)CCC(=O)Nc2ccccc2C(=O)N2CCOCC2)s1. The van der Waals surface area contributed by atoms with Crippen LogP contribution in [0.15, 0.2) is 36.4 Å². The highest BCUT2D eigenvalue weighted by molar-refractivity contribution is 7.14. The van der Waals surface area contributed by atoms with Crippen LogP contribution in [0.3, 0.4) is 0 Å². The summed E-state index contributed by atoms with van der Waals surface area (Å²) in [5.74, 6) is -0.445. The summed E-state index contributed by atoms with van der Waals surface area (Å²) in [4.78, 5) is 40.6. The number of benzene rings is 1. The standard InChI is InChI=1S/C20H22N2O4S/c1-14-6-8-18(27-14)17(23)7-9-19(24)21-16-5-3-2-4-15(16)20(25)22-10-12-26-13-11-22/h2-6,8H,7,9-13H2,1H3,(H,21,24). The molecule has 0 aliphatic carbocycles. The van der Waals surface area contributed by atoms with Crippen LogP contribution in [0.4, 0.5) is 5.69 Å². The van der Waals surface area contributed by atoms with Gasteiger partial charge in [-0.1, -0.05) is 12.1 Å². The second-order valence-electron chi connectivity index (χ2n) is 6.33. The molecule has 1 N–H and O–H groups in total. The van der Waals surface area contributed by atoms with Crippen molar-refractivity contribution in [2.24, 2.45) is 0 Å². The number of anilines is 1. The Morgan fingerprint density at radius 3 is 2.52 bits per heavy atom. The summed E-state index contributed by atoms with van der Waals surface area (Å²) in [5.41, 5.74) is 0.923. The van der Waals surface area contributed by atoms with Gasteiger partial charge in [-0.25, -0.2) is 0 Å². The maximum absolute atomic E-state index is 12.7. The van der Waals surface area contributed by atoms with E-state index in [0.717, 1.165) is 4.88 Å². The molecule has 1 aromatic heterocycles. The van der Waals surface area contributed by atoms with Crippen LogP contribution < -0.4 is 5.32 Å². The zero-order valence-corrected chi connectivity index (χ0v) is 16.0. The molecule has 142 valence electrons. The minimum atomic E-state index is -0.279. The molecule has 1 aliphatic heterocycles. The van der Waals surface area contributed by atoms with Gasteiger partial charge in [0, 0.05) is 30.8 Å². The Hall–Kier alpha value is -2.51. The molecule has 0 atom stereocenters. The van der Waals surface area contributed by atoms with Crippen LogP contribution >= 0.6 is 11.3 Å². The highest BCUT2D eigenvalue weighted by Gasteiger charge is 2.21. The number of ether oxygens (including phenoxy) is 1. The number of amides is 2. The lowest BCUT2D eigenvalue weighted by atomic mass is 10.1. The highest BCUT2D eigenvalue weighted by atomic mass is 32.1. The second kappa shape index (κ2) is 8.92. The first-order valence-corrected chi connectivity index (χ1v) is 9.72. The van der Waals surface area contributed by atoms with Crippen molar-refractivity contribution in [2.45, 2.75) is 19.8 Å². The zero-order chi connectivity index (χ0) is 19.2. The number of nitrogens with zero attached hydrogens (tertiary/aromatic N) is 1. The van der Waals surface area contributed by atoms with Gasteiger partial charge in [0.25, 0.3) is 5.91 Å². The maximum Gasteiger partial charge on any atom is 0.256 e. The zero-order valence-electron chi connectivity index (χ0n) is 15.2. The largest absolute Gasteiger partial charge is 0.378 e. The molecule has 27 heavy (non-hydrogen) atoms. The van der Waals surface area contributed by atoms with Crippen molar-refractivity contribution in [3.05, 3.63) is 51.7 Å². The quantitative estimate of drug-likeness (QED) is 0.774. The predicted octanol–water partition coefficient (Wildman–Crippen LogP) is 3.13. The van der Waals surface area contributed by atoms with Crippen molar-refractivity contribution >= 4 is 34.6 Å². The molecule has 0 saturated carbocycles. The van der Waals surface area contributed by atoms with Gasteiger partial charge < -0.3 is 15.0 Å². The molecule has 1 aliphatic rings.